The number of aromatic amines is 1. The molecule has 0 radical (unpaired) electrons. The topological polar surface area (TPSA) is 73.1 Å². The van der Waals surface area contributed by atoms with Crippen LogP contribution in [0.25, 0.3) is 10.9 Å². The Morgan fingerprint density at radius 1 is 1.39 bits per heavy atom. The SMILES string of the molecule is CN=C([S-])N=Nc1c(O)[nH]c2ccccc12.[Cl][Cu+]. The van der Waals surface area contributed by atoms with Crippen LogP contribution in [0.4, 0.5) is 5.69 Å². The zero-order valence-electron chi connectivity index (χ0n) is 9.19. The van der Waals surface area contributed by atoms with Gasteiger partial charge in [0.2, 0.25) is 5.88 Å². The van der Waals surface area contributed by atoms with Crippen LogP contribution in [0.2, 0.25) is 0 Å². The van der Waals surface area contributed by atoms with Crippen LogP contribution in [-0.4, -0.2) is 22.3 Å². The number of aromatic hydroxyl groups is 1. The zero-order chi connectivity index (χ0) is 13.5. The first kappa shape index (κ1) is 14.9. The van der Waals surface area contributed by atoms with Crippen molar-refractivity contribution in [2.24, 2.45) is 15.2 Å². The van der Waals surface area contributed by atoms with Crippen LogP contribution in [0.15, 0.2) is 39.5 Å². The van der Waals surface area contributed by atoms with Crippen molar-refractivity contribution in [1.82, 2.24) is 4.98 Å². The van der Waals surface area contributed by atoms with E-state index in [9.17, 15) is 5.11 Å². The Labute approximate surface area is 122 Å². The summed E-state index contributed by atoms with van der Waals surface area (Å²) in [4.78, 5) is 6.47. The molecule has 1 aromatic carbocycles. The Balaban J connectivity index is 0.000000771. The molecule has 0 spiro atoms. The number of azo groups is 1. The van der Waals surface area contributed by atoms with E-state index in [-0.39, 0.29) is 11.0 Å². The van der Waals surface area contributed by atoms with E-state index in [4.69, 9.17) is 12.6 Å². The molecule has 1 heterocycles. The molecule has 8 heteroatoms. The maximum absolute atomic E-state index is 9.64. The van der Waals surface area contributed by atoms with Gasteiger partial charge in [0.05, 0.1) is 5.52 Å². The molecule has 2 N–H and O–H groups in total. The van der Waals surface area contributed by atoms with Gasteiger partial charge < -0.3 is 22.7 Å². The van der Waals surface area contributed by atoms with E-state index < -0.39 is 0 Å². The van der Waals surface area contributed by atoms with Crippen LogP contribution in [-0.2, 0) is 27.7 Å². The van der Waals surface area contributed by atoms with Gasteiger partial charge in [-0.1, -0.05) is 18.2 Å². The maximum atomic E-state index is 9.64. The number of hydrogen-bond acceptors (Lipinski definition) is 4. The molecule has 2 rings (SSSR count). The van der Waals surface area contributed by atoms with Crippen LogP contribution < -0.4 is 0 Å². The van der Waals surface area contributed by atoms with Crippen molar-refractivity contribution in [2.75, 3.05) is 7.05 Å². The average Bonchev–Trinajstić information content (AvgIpc) is 2.74. The third-order valence-corrected chi connectivity index (χ3v) is 2.35. The number of fused-ring (bicyclic) bond motifs is 1. The van der Waals surface area contributed by atoms with Crippen LogP contribution in [0, 0.1) is 0 Å². The predicted molar refractivity (Wildman–Crippen MR) is 71.1 cm³/mol. The van der Waals surface area contributed by atoms with Gasteiger partial charge in [0.25, 0.3) is 0 Å². The normalized spacial score (nSPS) is 11.7. The molecule has 0 aliphatic carbocycles. The predicted octanol–water partition coefficient (Wildman–Crippen LogP) is 3.18. The number of hydrogen-bond donors (Lipinski definition) is 2. The summed E-state index contributed by atoms with van der Waals surface area (Å²) in [5.41, 5.74) is 1.18. The fraction of sp³-hybridized carbons (Fsp3) is 0.100. The molecule has 0 saturated carbocycles. The molecule has 0 bridgehead atoms. The van der Waals surface area contributed by atoms with Gasteiger partial charge in [-0.3, -0.25) is 4.99 Å². The second kappa shape index (κ2) is 7.33. The minimum absolute atomic E-state index is 0.0242. The number of aromatic nitrogens is 1. The van der Waals surface area contributed by atoms with Gasteiger partial charge in [0, 0.05) is 17.6 Å². The summed E-state index contributed by atoms with van der Waals surface area (Å²) in [7, 11) is 5.74. The van der Waals surface area contributed by atoms with E-state index in [1.165, 1.54) is 7.05 Å². The molecule has 1 aromatic heterocycles. The van der Waals surface area contributed by atoms with Gasteiger partial charge in [-0.15, -0.1) is 5.11 Å². The van der Waals surface area contributed by atoms with Gasteiger partial charge >= 0.3 is 25.2 Å². The van der Waals surface area contributed by atoms with Crippen LogP contribution in [0.3, 0.4) is 0 Å². The third-order valence-electron chi connectivity index (χ3n) is 2.09. The summed E-state index contributed by atoms with van der Waals surface area (Å²) in [5.74, 6) is -0.0242. The number of H-pyrrole nitrogens is 1. The quantitative estimate of drug-likeness (QED) is 0.277. The standard InChI is InChI=1S/C10H10N4OS.ClH.Cu/c1-11-10(16)14-13-8-6-4-2-3-5-7(6)12-9(8)15;;/h2-5,12,15H,1H3,(H,11,16);1H;/q;;+2/p-2. The number of benzene rings is 1. The van der Waals surface area contributed by atoms with Crippen molar-refractivity contribution >= 4 is 44.5 Å². The van der Waals surface area contributed by atoms with Crippen LogP contribution in [0.5, 0.6) is 5.88 Å². The van der Waals surface area contributed by atoms with E-state index in [1.54, 1.807) is 0 Å². The van der Waals surface area contributed by atoms with E-state index >= 15 is 0 Å². The number of nitrogens with zero attached hydrogens (tertiary/aromatic N) is 3. The summed E-state index contributed by atoms with van der Waals surface area (Å²) >= 11 is 8.44. The Morgan fingerprint density at radius 3 is 2.72 bits per heavy atom. The van der Waals surface area contributed by atoms with Crippen molar-refractivity contribution in [1.29, 1.82) is 0 Å². The molecule has 0 fully saturated rings. The molecule has 0 aliphatic heterocycles. The monoisotopic (exact) mass is 331 g/mol. The molecule has 18 heavy (non-hydrogen) atoms. The van der Waals surface area contributed by atoms with Gasteiger partial charge in [0.15, 0.2) is 5.69 Å². The molecular weight excluding hydrogens is 323 g/mol. The Morgan fingerprint density at radius 2 is 2.06 bits per heavy atom. The van der Waals surface area contributed by atoms with Crippen molar-refractivity contribution in [3.63, 3.8) is 0 Å². The molecule has 0 aliphatic rings. The Bertz CT molecular complexity index is 584. The molecule has 0 saturated heterocycles. The van der Waals surface area contributed by atoms with Crippen molar-refractivity contribution < 1.29 is 20.2 Å². The number of para-hydroxylation sites is 1. The summed E-state index contributed by atoms with van der Waals surface area (Å²) in [6.45, 7) is 0. The number of aliphatic imine (C=N–C) groups is 1. The van der Waals surface area contributed by atoms with E-state index in [0.717, 1.165) is 10.9 Å². The first-order valence-corrected chi connectivity index (χ1v) is 6.39. The number of amidine groups is 1. The van der Waals surface area contributed by atoms with E-state index in [1.807, 2.05) is 24.3 Å². The van der Waals surface area contributed by atoms with E-state index in [2.05, 4.69) is 45.4 Å². The van der Waals surface area contributed by atoms with Crippen molar-refractivity contribution in [3.05, 3.63) is 24.3 Å². The first-order chi connectivity index (χ1) is 8.72. The van der Waals surface area contributed by atoms with Crippen molar-refractivity contribution in [2.45, 2.75) is 0 Å². The molecule has 2 aromatic rings. The van der Waals surface area contributed by atoms with Gasteiger partial charge in [-0.2, -0.15) is 5.11 Å². The van der Waals surface area contributed by atoms with Gasteiger partial charge in [0.1, 0.15) is 0 Å². The molecular formula is C10H9ClCuN4OS. The van der Waals surface area contributed by atoms with Crippen LogP contribution >= 0.6 is 10.1 Å². The second-order valence-corrected chi connectivity index (χ2v) is 3.44. The average molecular weight is 332 g/mol. The van der Waals surface area contributed by atoms with Crippen molar-refractivity contribution in [3.8, 4) is 5.88 Å². The molecule has 0 amide bonds. The zero-order valence-corrected chi connectivity index (χ0v) is 11.7. The molecule has 0 unspecified atom stereocenters. The third kappa shape index (κ3) is 3.43. The fourth-order valence-electron chi connectivity index (χ4n) is 1.35. The number of nitrogens with one attached hydrogen (secondary N) is 1. The Kier molecular flexibility index (Phi) is 6.07. The number of rotatable bonds is 1. The fourth-order valence-corrected chi connectivity index (χ4v) is 1.39. The summed E-state index contributed by atoms with van der Waals surface area (Å²) < 4.78 is 0. The second-order valence-electron chi connectivity index (χ2n) is 3.07. The summed E-state index contributed by atoms with van der Waals surface area (Å²) in [5, 5.41) is 18.2. The van der Waals surface area contributed by atoms with Gasteiger partial charge in [-0.05, 0) is 6.07 Å². The minimum atomic E-state index is -0.0242. The van der Waals surface area contributed by atoms with E-state index in [0.29, 0.717) is 5.69 Å². The molecule has 99 valence electrons. The van der Waals surface area contributed by atoms with Crippen LogP contribution in [0.1, 0.15) is 0 Å². The first-order valence-electron chi connectivity index (χ1n) is 4.69. The Hall–Kier alpha value is -1.14. The summed E-state index contributed by atoms with van der Waals surface area (Å²) in [6, 6.07) is 7.41. The molecule has 5 nitrogen and oxygen atoms in total. The summed E-state index contributed by atoms with van der Waals surface area (Å²) in [6.07, 6.45) is 0. The van der Waals surface area contributed by atoms with Gasteiger partial charge in [-0.25, -0.2) is 0 Å². The molecule has 0 atom stereocenters. The number of halogens is 1.